The van der Waals surface area contributed by atoms with Gasteiger partial charge >= 0.3 is 0 Å². The highest BCUT2D eigenvalue weighted by molar-refractivity contribution is 5.16. The van der Waals surface area contributed by atoms with Gasteiger partial charge in [-0.1, -0.05) is 60.7 Å². The van der Waals surface area contributed by atoms with Crippen LogP contribution in [0.1, 0.15) is 11.1 Å². The fourth-order valence-electron chi connectivity index (χ4n) is 2.28. The maximum Gasteiger partial charge on any atom is 0.0717 e. The largest absolute Gasteiger partial charge is 0.375 e. The van der Waals surface area contributed by atoms with E-state index in [2.05, 4.69) is 59.5 Å². The van der Waals surface area contributed by atoms with Crippen molar-refractivity contribution in [2.24, 2.45) is 0 Å². The van der Waals surface area contributed by atoms with Gasteiger partial charge < -0.3 is 4.74 Å². The van der Waals surface area contributed by atoms with Gasteiger partial charge in [-0.05, 0) is 11.1 Å². The second-order valence-corrected chi connectivity index (χ2v) is 5.07. The predicted molar refractivity (Wildman–Crippen MR) is 76.7 cm³/mol. The second-order valence-electron chi connectivity index (χ2n) is 5.07. The monoisotopic (exact) mass is 253 g/mol. The lowest BCUT2D eigenvalue weighted by molar-refractivity contribution is 0.114. The first-order chi connectivity index (χ1) is 9.42. The molecule has 0 amide bonds. The zero-order valence-electron chi connectivity index (χ0n) is 11.0. The van der Waals surface area contributed by atoms with Crippen molar-refractivity contribution in [3.8, 4) is 0 Å². The maximum absolute atomic E-state index is 5.77. The lowest BCUT2D eigenvalue weighted by Crippen LogP contribution is -2.08. The lowest BCUT2D eigenvalue weighted by Gasteiger charge is -2.05. The zero-order valence-corrected chi connectivity index (χ0v) is 11.0. The minimum atomic E-state index is 0.601. The van der Waals surface area contributed by atoms with Crippen molar-refractivity contribution in [3.63, 3.8) is 0 Å². The van der Waals surface area contributed by atoms with Crippen LogP contribution in [0.4, 0.5) is 0 Å². The molecule has 1 unspecified atom stereocenters. The van der Waals surface area contributed by atoms with Gasteiger partial charge in [-0.2, -0.15) is 0 Å². The summed E-state index contributed by atoms with van der Waals surface area (Å²) in [5, 5.41) is 0. The molecular formula is C17H19NO. The third kappa shape index (κ3) is 3.66. The molecule has 1 saturated heterocycles. The average molecular weight is 253 g/mol. The predicted octanol–water partition coefficient (Wildman–Crippen LogP) is 3.09. The highest BCUT2D eigenvalue weighted by Gasteiger charge is 2.33. The van der Waals surface area contributed by atoms with Crippen LogP contribution in [-0.4, -0.2) is 24.1 Å². The van der Waals surface area contributed by atoms with Gasteiger partial charge in [-0.3, -0.25) is 4.90 Å². The van der Waals surface area contributed by atoms with E-state index in [9.17, 15) is 0 Å². The minimum Gasteiger partial charge on any atom is -0.375 e. The van der Waals surface area contributed by atoms with Crippen molar-refractivity contribution in [2.75, 3.05) is 13.2 Å². The molecule has 0 bridgehead atoms. The number of hydrogen-bond donors (Lipinski definition) is 0. The van der Waals surface area contributed by atoms with E-state index in [-0.39, 0.29) is 0 Å². The van der Waals surface area contributed by atoms with Crippen molar-refractivity contribution in [1.29, 1.82) is 0 Å². The van der Waals surface area contributed by atoms with Gasteiger partial charge in [0.05, 0.1) is 13.2 Å². The summed E-state index contributed by atoms with van der Waals surface area (Å²) < 4.78 is 5.77. The first-order valence-electron chi connectivity index (χ1n) is 6.81. The summed E-state index contributed by atoms with van der Waals surface area (Å²) in [5.41, 5.74) is 2.63. The van der Waals surface area contributed by atoms with E-state index < -0.39 is 0 Å². The van der Waals surface area contributed by atoms with Crippen molar-refractivity contribution in [1.82, 2.24) is 4.90 Å². The van der Waals surface area contributed by atoms with Gasteiger partial charge in [-0.25, -0.2) is 0 Å². The number of benzene rings is 2. The Balaban J connectivity index is 1.37. The molecule has 1 aliphatic rings. The summed E-state index contributed by atoms with van der Waals surface area (Å²) in [5.74, 6) is 0. The Morgan fingerprint density at radius 1 is 0.895 bits per heavy atom. The van der Waals surface area contributed by atoms with Gasteiger partial charge in [-0.15, -0.1) is 0 Å². The molecule has 0 N–H and O–H groups in total. The van der Waals surface area contributed by atoms with E-state index in [1.165, 1.54) is 11.1 Å². The van der Waals surface area contributed by atoms with Crippen LogP contribution in [0.3, 0.4) is 0 Å². The molecule has 2 nitrogen and oxygen atoms in total. The van der Waals surface area contributed by atoms with Gasteiger partial charge in [0.25, 0.3) is 0 Å². The molecule has 2 heteroatoms. The van der Waals surface area contributed by atoms with Gasteiger partial charge in [0, 0.05) is 19.1 Å². The molecule has 1 heterocycles. The molecular weight excluding hydrogens is 234 g/mol. The molecule has 2 atom stereocenters. The lowest BCUT2D eigenvalue weighted by atomic mass is 10.2. The van der Waals surface area contributed by atoms with E-state index >= 15 is 0 Å². The van der Waals surface area contributed by atoms with Crippen molar-refractivity contribution in [2.45, 2.75) is 19.2 Å². The highest BCUT2D eigenvalue weighted by Crippen LogP contribution is 2.21. The van der Waals surface area contributed by atoms with Gasteiger partial charge in [0.1, 0.15) is 0 Å². The van der Waals surface area contributed by atoms with Crippen LogP contribution in [0.15, 0.2) is 60.7 Å². The van der Waals surface area contributed by atoms with E-state index in [0.29, 0.717) is 6.04 Å². The molecule has 0 aromatic heterocycles. The summed E-state index contributed by atoms with van der Waals surface area (Å²) in [6.07, 6.45) is 0. The van der Waals surface area contributed by atoms with Crippen LogP contribution < -0.4 is 0 Å². The molecule has 1 aliphatic heterocycles. The topological polar surface area (TPSA) is 12.2 Å². The maximum atomic E-state index is 5.77. The van der Waals surface area contributed by atoms with E-state index in [4.69, 9.17) is 4.74 Å². The van der Waals surface area contributed by atoms with Crippen LogP contribution in [0.25, 0.3) is 0 Å². The molecule has 0 radical (unpaired) electrons. The summed E-state index contributed by atoms with van der Waals surface area (Å²) in [7, 11) is 0. The zero-order chi connectivity index (χ0) is 12.9. The van der Waals surface area contributed by atoms with Crippen molar-refractivity contribution >= 4 is 0 Å². The summed E-state index contributed by atoms with van der Waals surface area (Å²) in [6.45, 7) is 3.75. The van der Waals surface area contributed by atoms with Crippen LogP contribution >= 0.6 is 0 Å². The Kier molecular flexibility index (Phi) is 3.92. The van der Waals surface area contributed by atoms with Gasteiger partial charge in [0.2, 0.25) is 0 Å². The first-order valence-corrected chi connectivity index (χ1v) is 6.81. The van der Waals surface area contributed by atoms with Crippen molar-refractivity contribution in [3.05, 3.63) is 71.8 Å². The third-order valence-electron chi connectivity index (χ3n) is 3.48. The SMILES string of the molecule is c1ccc(COC[C@H]2CN2Cc2ccccc2)cc1. The number of nitrogens with zero attached hydrogens (tertiary/aromatic N) is 1. The Bertz CT molecular complexity index is 497. The fraction of sp³-hybridized carbons (Fsp3) is 0.294. The Labute approximate surface area is 114 Å². The number of hydrogen-bond acceptors (Lipinski definition) is 2. The van der Waals surface area contributed by atoms with Crippen molar-refractivity contribution < 1.29 is 4.74 Å². The van der Waals surface area contributed by atoms with E-state index in [1.807, 2.05) is 6.07 Å². The van der Waals surface area contributed by atoms with E-state index in [0.717, 1.165) is 26.3 Å². The molecule has 98 valence electrons. The van der Waals surface area contributed by atoms with Gasteiger partial charge in [0.15, 0.2) is 0 Å². The summed E-state index contributed by atoms with van der Waals surface area (Å²) in [4.78, 5) is 2.44. The fourth-order valence-corrected chi connectivity index (χ4v) is 2.28. The average Bonchev–Trinajstić information content (AvgIpc) is 3.19. The van der Waals surface area contributed by atoms with E-state index in [1.54, 1.807) is 0 Å². The molecule has 3 rings (SSSR count). The first kappa shape index (κ1) is 12.4. The summed E-state index contributed by atoms with van der Waals surface area (Å²) in [6, 6.07) is 21.6. The molecule has 0 aliphatic carbocycles. The normalized spacial score (nSPS) is 21.3. The Hall–Kier alpha value is -1.64. The molecule has 2 aromatic carbocycles. The second kappa shape index (κ2) is 6.00. The number of ether oxygens (including phenoxy) is 1. The highest BCUT2D eigenvalue weighted by atomic mass is 16.5. The molecule has 0 spiro atoms. The summed E-state index contributed by atoms with van der Waals surface area (Å²) >= 11 is 0. The minimum absolute atomic E-state index is 0.601. The van der Waals surface area contributed by atoms with Crippen LogP contribution in [0.5, 0.6) is 0 Å². The Morgan fingerprint density at radius 3 is 2.21 bits per heavy atom. The molecule has 0 saturated carbocycles. The standard InChI is InChI=1S/C17H19NO/c1-3-7-15(8-4-1)11-18-12-17(18)14-19-13-16-9-5-2-6-10-16/h1-10,17H,11-14H2/t17-,18?/m1/s1. The molecule has 19 heavy (non-hydrogen) atoms. The number of rotatable bonds is 6. The van der Waals surface area contributed by atoms with Crippen LogP contribution in [0.2, 0.25) is 0 Å². The smallest absolute Gasteiger partial charge is 0.0717 e. The van der Waals surface area contributed by atoms with Crippen LogP contribution in [-0.2, 0) is 17.9 Å². The van der Waals surface area contributed by atoms with Crippen LogP contribution in [0, 0.1) is 0 Å². The quantitative estimate of drug-likeness (QED) is 0.733. The molecule has 1 fully saturated rings. The third-order valence-corrected chi connectivity index (χ3v) is 3.48. The molecule has 2 aromatic rings. The Morgan fingerprint density at radius 2 is 1.53 bits per heavy atom.